The summed E-state index contributed by atoms with van der Waals surface area (Å²) in [4.78, 5) is 4.98. The maximum Gasteiger partial charge on any atom is 0.181 e. The zero-order chi connectivity index (χ0) is 9.10. The fraction of sp³-hybridized carbons (Fsp3) is 0.250. The Morgan fingerprint density at radius 3 is 3.08 bits per heavy atom. The lowest BCUT2D eigenvalue weighted by Crippen LogP contribution is -2.02. The number of aromatic nitrogens is 2. The molecule has 0 aliphatic carbocycles. The van der Waals surface area contributed by atoms with Crippen molar-refractivity contribution in [3.05, 3.63) is 23.5 Å². The summed E-state index contributed by atoms with van der Waals surface area (Å²) in [5, 5.41) is 3.75. The summed E-state index contributed by atoms with van der Waals surface area (Å²) in [7, 11) is 0. The highest BCUT2D eigenvalue weighted by Crippen LogP contribution is 2.26. The molecule has 0 bridgehead atoms. The quantitative estimate of drug-likeness (QED) is 0.801. The minimum Gasteiger partial charge on any atom is -0.355 e. The number of rotatable bonds is 3. The van der Waals surface area contributed by atoms with E-state index >= 15 is 0 Å². The van der Waals surface area contributed by atoms with Gasteiger partial charge in [0.2, 0.25) is 0 Å². The minimum atomic E-state index is 0.604. The molecule has 0 unspecified atom stereocenters. The summed E-state index contributed by atoms with van der Waals surface area (Å²) >= 11 is 1.53. The van der Waals surface area contributed by atoms with Crippen LogP contribution in [-0.4, -0.2) is 16.7 Å². The molecule has 68 valence electrons. The molecule has 2 aromatic heterocycles. The number of thiazole rings is 1. The molecule has 5 heteroatoms. The van der Waals surface area contributed by atoms with E-state index in [2.05, 4.69) is 10.1 Å². The van der Waals surface area contributed by atoms with E-state index in [9.17, 15) is 0 Å². The third-order valence-corrected chi connectivity index (χ3v) is 2.49. The monoisotopic (exact) mass is 195 g/mol. The first-order valence-electron chi connectivity index (χ1n) is 3.94. The molecule has 2 N–H and O–H groups in total. The van der Waals surface area contributed by atoms with Crippen molar-refractivity contribution in [2.45, 2.75) is 6.42 Å². The van der Waals surface area contributed by atoms with Gasteiger partial charge in [0.25, 0.3) is 0 Å². The van der Waals surface area contributed by atoms with Crippen LogP contribution in [0.3, 0.4) is 0 Å². The molecule has 0 radical (unpaired) electrons. The van der Waals surface area contributed by atoms with Gasteiger partial charge >= 0.3 is 0 Å². The third-order valence-electron chi connectivity index (χ3n) is 1.71. The van der Waals surface area contributed by atoms with Gasteiger partial charge in [0, 0.05) is 11.8 Å². The molecule has 0 saturated heterocycles. The zero-order valence-corrected chi connectivity index (χ0v) is 7.75. The Morgan fingerprint density at radius 1 is 1.46 bits per heavy atom. The van der Waals surface area contributed by atoms with Crippen molar-refractivity contribution in [2.75, 3.05) is 6.54 Å². The van der Waals surface area contributed by atoms with Gasteiger partial charge < -0.3 is 10.3 Å². The van der Waals surface area contributed by atoms with Crippen LogP contribution in [0, 0.1) is 0 Å². The van der Waals surface area contributed by atoms with Crippen LogP contribution in [0.4, 0.5) is 0 Å². The lowest BCUT2D eigenvalue weighted by Gasteiger charge is -1.93. The van der Waals surface area contributed by atoms with Gasteiger partial charge in [-0.2, -0.15) is 0 Å². The Bertz CT molecular complexity index is 368. The maximum atomic E-state index is 5.46. The molecule has 0 fully saturated rings. The summed E-state index contributed by atoms with van der Waals surface area (Å²) in [5.74, 6) is 0.799. The van der Waals surface area contributed by atoms with Crippen molar-refractivity contribution >= 4 is 11.3 Å². The van der Waals surface area contributed by atoms with Crippen molar-refractivity contribution < 1.29 is 4.52 Å². The van der Waals surface area contributed by atoms with Gasteiger partial charge in [-0.25, -0.2) is 0 Å². The Morgan fingerprint density at radius 2 is 2.38 bits per heavy atom. The fourth-order valence-electron chi connectivity index (χ4n) is 1.12. The average molecular weight is 195 g/mol. The lowest BCUT2D eigenvalue weighted by atomic mass is 10.2. The normalized spacial score (nSPS) is 10.5. The van der Waals surface area contributed by atoms with Gasteiger partial charge in [-0.05, 0) is 13.0 Å². The van der Waals surface area contributed by atoms with Crippen LogP contribution in [0.2, 0.25) is 0 Å². The predicted octanol–water partition coefficient (Wildman–Crippen LogP) is 1.30. The van der Waals surface area contributed by atoms with E-state index in [-0.39, 0.29) is 0 Å². The van der Waals surface area contributed by atoms with Gasteiger partial charge in [0.15, 0.2) is 5.76 Å². The largest absolute Gasteiger partial charge is 0.355 e. The molecule has 0 aliphatic rings. The molecular weight excluding hydrogens is 186 g/mol. The second kappa shape index (κ2) is 3.68. The number of nitrogens with zero attached hydrogens (tertiary/aromatic N) is 2. The second-order valence-electron chi connectivity index (χ2n) is 2.58. The molecule has 2 rings (SSSR count). The van der Waals surface area contributed by atoms with Gasteiger partial charge in [-0.15, -0.1) is 11.3 Å². The molecular formula is C8H9N3OS. The van der Waals surface area contributed by atoms with Crippen molar-refractivity contribution in [2.24, 2.45) is 5.73 Å². The van der Waals surface area contributed by atoms with Crippen LogP contribution in [0.15, 0.2) is 22.4 Å². The van der Waals surface area contributed by atoms with Gasteiger partial charge in [-0.3, -0.25) is 4.98 Å². The molecule has 2 heterocycles. The van der Waals surface area contributed by atoms with E-state index in [1.807, 2.05) is 0 Å². The molecule has 13 heavy (non-hydrogen) atoms. The van der Waals surface area contributed by atoms with Gasteiger partial charge in [-0.1, -0.05) is 5.16 Å². The van der Waals surface area contributed by atoms with Crippen molar-refractivity contribution in [3.8, 4) is 10.6 Å². The lowest BCUT2D eigenvalue weighted by molar-refractivity contribution is 0.432. The summed E-state index contributed by atoms with van der Waals surface area (Å²) in [5.41, 5.74) is 8.28. The summed E-state index contributed by atoms with van der Waals surface area (Å²) in [6, 6.07) is 0. The fourth-order valence-corrected chi connectivity index (χ4v) is 1.76. The highest BCUT2D eigenvalue weighted by molar-refractivity contribution is 7.13. The summed E-state index contributed by atoms with van der Waals surface area (Å²) < 4.78 is 5.13. The van der Waals surface area contributed by atoms with E-state index in [0.717, 1.165) is 22.6 Å². The highest BCUT2D eigenvalue weighted by atomic mass is 32.1. The average Bonchev–Trinajstić information content (AvgIpc) is 2.71. The second-order valence-corrected chi connectivity index (χ2v) is 3.47. The van der Waals surface area contributed by atoms with Crippen molar-refractivity contribution in [1.82, 2.24) is 10.1 Å². The van der Waals surface area contributed by atoms with Crippen LogP contribution in [0.25, 0.3) is 10.6 Å². The first-order valence-corrected chi connectivity index (χ1v) is 4.82. The smallest absolute Gasteiger partial charge is 0.181 e. The van der Waals surface area contributed by atoms with E-state index in [0.29, 0.717) is 6.54 Å². The Kier molecular flexibility index (Phi) is 2.37. The van der Waals surface area contributed by atoms with Crippen LogP contribution in [0.1, 0.15) is 5.56 Å². The first kappa shape index (κ1) is 8.40. The predicted molar refractivity (Wildman–Crippen MR) is 50.4 cm³/mol. The van der Waals surface area contributed by atoms with Gasteiger partial charge in [0.1, 0.15) is 0 Å². The van der Waals surface area contributed by atoms with E-state index in [1.165, 1.54) is 11.3 Å². The van der Waals surface area contributed by atoms with Crippen LogP contribution in [0.5, 0.6) is 0 Å². The molecule has 4 nitrogen and oxygen atoms in total. The Labute approximate surface area is 79.4 Å². The van der Waals surface area contributed by atoms with Crippen molar-refractivity contribution in [3.63, 3.8) is 0 Å². The molecule has 0 spiro atoms. The minimum absolute atomic E-state index is 0.604. The number of hydrogen-bond acceptors (Lipinski definition) is 5. The summed E-state index contributed by atoms with van der Waals surface area (Å²) in [6.45, 7) is 0.604. The molecule has 2 aromatic rings. The number of nitrogens with two attached hydrogens (primary N) is 1. The zero-order valence-electron chi connectivity index (χ0n) is 6.93. The Hall–Kier alpha value is -1.20. The van der Waals surface area contributed by atoms with Crippen LogP contribution >= 0.6 is 11.3 Å². The Balaban J connectivity index is 2.35. The molecule has 0 amide bonds. The van der Waals surface area contributed by atoms with E-state index in [1.54, 1.807) is 17.9 Å². The highest BCUT2D eigenvalue weighted by Gasteiger charge is 2.10. The topological polar surface area (TPSA) is 64.9 Å². The molecule has 0 atom stereocenters. The van der Waals surface area contributed by atoms with Crippen LogP contribution < -0.4 is 5.73 Å². The summed E-state index contributed by atoms with van der Waals surface area (Å²) in [6.07, 6.45) is 4.27. The van der Waals surface area contributed by atoms with Gasteiger partial charge in [0.05, 0.1) is 16.6 Å². The first-order chi connectivity index (χ1) is 6.42. The molecule has 0 saturated carbocycles. The third kappa shape index (κ3) is 1.61. The van der Waals surface area contributed by atoms with E-state index in [4.69, 9.17) is 10.3 Å². The SMILES string of the molecule is NCCc1cnoc1-c1cncs1. The molecule has 0 aromatic carbocycles. The molecule has 0 aliphatic heterocycles. The van der Waals surface area contributed by atoms with E-state index < -0.39 is 0 Å². The van der Waals surface area contributed by atoms with Crippen LogP contribution in [-0.2, 0) is 6.42 Å². The van der Waals surface area contributed by atoms with Crippen molar-refractivity contribution in [1.29, 1.82) is 0 Å². The standard InChI is InChI=1S/C8H9N3OS/c9-2-1-6-3-11-12-8(6)7-4-10-5-13-7/h3-5H,1-2,9H2. The maximum absolute atomic E-state index is 5.46. The number of hydrogen-bond donors (Lipinski definition) is 1.